The summed E-state index contributed by atoms with van der Waals surface area (Å²) < 4.78 is 24.7. The van der Waals surface area contributed by atoms with E-state index in [0.29, 0.717) is 11.5 Å². The maximum absolute atomic E-state index is 11.9. The van der Waals surface area contributed by atoms with Gasteiger partial charge in [0.2, 0.25) is 0 Å². The fraction of sp³-hybridized carbons (Fsp3) is 0.538. The number of pyridine rings is 1. The molecule has 0 saturated heterocycles. The van der Waals surface area contributed by atoms with Crippen LogP contribution in [-0.2, 0) is 22.3 Å². The van der Waals surface area contributed by atoms with Crippen molar-refractivity contribution in [3.8, 4) is 0 Å². The Bertz CT molecular complexity index is 750. The Morgan fingerprint density at radius 2 is 2.05 bits per heavy atom. The average Bonchev–Trinajstić information content (AvgIpc) is 2.67. The van der Waals surface area contributed by atoms with Gasteiger partial charge in [0, 0.05) is 19.0 Å². The topological polar surface area (TPSA) is 64.8 Å². The SMILES string of the molecule is Cc1ccnc2c1nc(CCl)n2CC(C)(C)S(C)(=O)=O. The number of rotatable bonds is 4. The number of aryl methyl sites for hydroxylation is 1. The summed E-state index contributed by atoms with van der Waals surface area (Å²) in [5.74, 6) is 0.857. The van der Waals surface area contributed by atoms with Crippen LogP contribution in [0, 0.1) is 6.92 Å². The third-order valence-electron chi connectivity index (χ3n) is 3.58. The van der Waals surface area contributed by atoms with E-state index in [0.717, 1.165) is 11.1 Å². The lowest BCUT2D eigenvalue weighted by Gasteiger charge is -2.24. The monoisotopic (exact) mass is 315 g/mol. The van der Waals surface area contributed by atoms with Gasteiger partial charge in [-0.1, -0.05) is 0 Å². The molecule has 0 saturated carbocycles. The normalized spacial score (nSPS) is 13.1. The van der Waals surface area contributed by atoms with E-state index < -0.39 is 14.6 Å². The molecule has 2 aromatic rings. The standard InChI is InChI=1S/C13H18ClN3O2S/c1-9-5-6-15-12-11(9)16-10(7-14)17(12)8-13(2,3)20(4,18)19/h5-6H,7-8H2,1-4H3. The maximum Gasteiger partial charge on any atom is 0.160 e. The first-order valence-electron chi connectivity index (χ1n) is 6.23. The van der Waals surface area contributed by atoms with Crippen LogP contribution in [0.5, 0.6) is 0 Å². The Balaban J connectivity index is 2.62. The average molecular weight is 316 g/mol. The number of alkyl halides is 1. The first-order chi connectivity index (χ1) is 9.17. The minimum Gasteiger partial charge on any atom is -0.310 e. The first kappa shape index (κ1) is 15.3. The second kappa shape index (κ2) is 5.00. The summed E-state index contributed by atoms with van der Waals surface area (Å²) in [6.07, 6.45) is 2.94. The predicted molar refractivity (Wildman–Crippen MR) is 80.7 cm³/mol. The molecule has 110 valence electrons. The summed E-state index contributed by atoms with van der Waals surface area (Å²) in [5.41, 5.74) is 2.45. The van der Waals surface area contributed by atoms with Crippen molar-refractivity contribution in [2.45, 2.75) is 37.9 Å². The van der Waals surface area contributed by atoms with Crippen molar-refractivity contribution in [1.29, 1.82) is 0 Å². The Morgan fingerprint density at radius 1 is 1.40 bits per heavy atom. The molecule has 0 radical (unpaired) electrons. The molecule has 0 atom stereocenters. The van der Waals surface area contributed by atoms with Crippen molar-refractivity contribution < 1.29 is 8.42 Å². The van der Waals surface area contributed by atoms with Crippen molar-refractivity contribution in [1.82, 2.24) is 14.5 Å². The molecule has 0 spiro atoms. The fourth-order valence-corrected chi connectivity index (χ4v) is 2.52. The Labute approximate surface area is 123 Å². The van der Waals surface area contributed by atoms with Crippen LogP contribution in [0.2, 0.25) is 0 Å². The summed E-state index contributed by atoms with van der Waals surface area (Å²) in [6, 6.07) is 1.87. The van der Waals surface area contributed by atoms with E-state index in [1.165, 1.54) is 6.26 Å². The van der Waals surface area contributed by atoms with E-state index in [1.54, 1.807) is 24.6 Å². The number of nitrogens with zero attached hydrogens (tertiary/aromatic N) is 3. The van der Waals surface area contributed by atoms with Crippen LogP contribution in [0.1, 0.15) is 25.2 Å². The molecule has 2 rings (SSSR count). The number of hydrogen-bond donors (Lipinski definition) is 0. The second-order valence-corrected chi connectivity index (χ2v) is 8.50. The van der Waals surface area contributed by atoms with Gasteiger partial charge in [0.1, 0.15) is 11.3 Å². The van der Waals surface area contributed by atoms with Gasteiger partial charge in [-0.25, -0.2) is 18.4 Å². The van der Waals surface area contributed by atoms with Crippen LogP contribution >= 0.6 is 11.6 Å². The molecule has 0 aromatic carbocycles. The third kappa shape index (κ3) is 2.54. The molecule has 7 heteroatoms. The summed E-state index contributed by atoms with van der Waals surface area (Å²) in [7, 11) is -3.20. The number of aromatic nitrogens is 3. The van der Waals surface area contributed by atoms with E-state index in [2.05, 4.69) is 9.97 Å². The molecule has 0 aliphatic heterocycles. The largest absolute Gasteiger partial charge is 0.310 e. The zero-order chi connectivity index (χ0) is 15.1. The van der Waals surface area contributed by atoms with Crippen molar-refractivity contribution >= 4 is 32.6 Å². The number of halogens is 1. The zero-order valence-corrected chi connectivity index (χ0v) is 13.6. The van der Waals surface area contributed by atoms with Crippen molar-refractivity contribution in [2.24, 2.45) is 0 Å². The van der Waals surface area contributed by atoms with E-state index in [1.807, 2.05) is 13.0 Å². The highest BCUT2D eigenvalue weighted by Gasteiger charge is 2.32. The van der Waals surface area contributed by atoms with Crippen LogP contribution in [0.3, 0.4) is 0 Å². The first-order valence-corrected chi connectivity index (χ1v) is 8.66. The smallest absolute Gasteiger partial charge is 0.160 e. The number of fused-ring (bicyclic) bond motifs is 1. The molecule has 5 nitrogen and oxygen atoms in total. The lowest BCUT2D eigenvalue weighted by Crippen LogP contribution is -2.36. The molecule has 0 N–H and O–H groups in total. The van der Waals surface area contributed by atoms with Crippen molar-refractivity contribution in [2.75, 3.05) is 6.26 Å². The minimum atomic E-state index is -3.20. The molecular weight excluding hydrogens is 298 g/mol. The van der Waals surface area contributed by atoms with E-state index in [9.17, 15) is 8.42 Å². The number of imidazole rings is 1. The molecule has 0 amide bonds. The summed E-state index contributed by atoms with van der Waals surface area (Å²) in [6.45, 7) is 5.62. The maximum atomic E-state index is 11.9. The van der Waals surface area contributed by atoms with Gasteiger partial charge in [-0.2, -0.15) is 0 Å². The van der Waals surface area contributed by atoms with Crippen LogP contribution in [0.25, 0.3) is 11.2 Å². The fourth-order valence-electron chi connectivity index (χ4n) is 1.95. The van der Waals surface area contributed by atoms with Gasteiger partial charge in [0.25, 0.3) is 0 Å². The molecule has 2 heterocycles. The van der Waals surface area contributed by atoms with E-state index in [-0.39, 0.29) is 12.4 Å². The minimum absolute atomic E-state index is 0.218. The van der Waals surface area contributed by atoms with Gasteiger partial charge in [0.15, 0.2) is 15.5 Å². The predicted octanol–water partition coefficient (Wildman–Crippen LogP) is 2.30. The summed E-state index contributed by atoms with van der Waals surface area (Å²) in [5, 5.41) is 0. The number of sulfone groups is 1. The Kier molecular flexibility index (Phi) is 3.81. The van der Waals surface area contributed by atoms with Crippen LogP contribution in [0.4, 0.5) is 0 Å². The molecule has 2 aromatic heterocycles. The van der Waals surface area contributed by atoms with E-state index >= 15 is 0 Å². The van der Waals surface area contributed by atoms with Crippen LogP contribution < -0.4 is 0 Å². The van der Waals surface area contributed by atoms with Gasteiger partial charge in [-0.05, 0) is 32.4 Å². The molecule has 0 bridgehead atoms. The Morgan fingerprint density at radius 3 is 2.60 bits per heavy atom. The zero-order valence-electron chi connectivity index (χ0n) is 12.0. The lowest BCUT2D eigenvalue weighted by molar-refractivity contribution is 0.501. The molecular formula is C13H18ClN3O2S. The number of hydrogen-bond acceptors (Lipinski definition) is 4. The molecule has 20 heavy (non-hydrogen) atoms. The summed E-state index contributed by atoms with van der Waals surface area (Å²) >= 11 is 5.94. The van der Waals surface area contributed by atoms with Crippen molar-refractivity contribution in [3.05, 3.63) is 23.7 Å². The molecule has 0 fully saturated rings. The van der Waals surface area contributed by atoms with Crippen molar-refractivity contribution in [3.63, 3.8) is 0 Å². The van der Waals surface area contributed by atoms with Gasteiger partial charge in [0.05, 0.1) is 10.6 Å². The molecule has 0 aliphatic carbocycles. The highest BCUT2D eigenvalue weighted by Crippen LogP contribution is 2.24. The lowest BCUT2D eigenvalue weighted by atomic mass is 10.2. The van der Waals surface area contributed by atoms with Gasteiger partial charge in [-0.3, -0.25) is 0 Å². The molecule has 0 aliphatic rings. The highest BCUT2D eigenvalue weighted by atomic mass is 35.5. The molecule has 0 unspecified atom stereocenters. The van der Waals surface area contributed by atoms with Gasteiger partial charge < -0.3 is 4.57 Å². The summed E-state index contributed by atoms with van der Waals surface area (Å²) in [4.78, 5) is 8.79. The van der Waals surface area contributed by atoms with Gasteiger partial charge >= 0.3 is 0 Å². The van der Waals surface area contributed by atoms with Gasteiger partial charge in [-0.15, -0.1) is 11.6 Å². The van der Waals surface area contributed by atoms with E-state index in [4.69, 9.17) is 11.6 Å². The van der Waals surface area contributed by atoms with Crippen LogP contribution in [0.15, 0.2) is 12.3 Å². The second-order valence-electron chi connectivity index (χ2n) is 5.58. The Hall–Kier alpha value is -1.14. The van der Waals surface area contributed by atoms with Crippen LogP contribution in [-0.4, -0.2) is 34.0 Å². The quantitative estimate of drug-likeness (QED) is 0.812. The highest BCUT2D eigenvalue weighted by molar-refractivity contribution is 7.92. The third-order valence-corrected chi connectivity index (χ3v) is 5.95.